The summed E-state index contributed by atoms with van der Waals surface area (Å²) >= 11 is 12.1. The molecule has 3 rings (SSSR count). The van der Waals surface area contributed by atoms with E-state index < -0.39 is 17.4 Å². The molecule has 2 aromatic carbocycles. The van der Waals surface area contributed by atoms with E-state index in [2.05, 4.69) is 5.43 Å². The number of carbonyl (C=O) groups is 2. The lowest BCUT2D eigenvalue weighted by Gasteiger charge is -2.35. The van der Waals surface area contributed by atoms with Gasteiger partial charge < -0.3 is 4.42 Å². The fourth-order valence-corrected chi connectivity index (χ4v) is 3.40. The number of amides is 2. The van der Waals surface area contributed by atoms with Crippen molar-refractivity contribution in [2.75, 3.05) is 0 Å². The standard InChI is InChI=1S/C21H20Cl2N2O3/c1-12-8-17-16(6-5-7-18(17)28-12)19(26)24-25(21(2,3)4)20(27)13-9-14(22)11-15(23)10-13/h5-11H,1-4H3,(H,24,26). The molecule has 146 valence electrons. The Bertz CT molecular complexity index is 1050. The fraction of sp³-hybridized carbons (Fsp3) is 0.238. The first kappa shape index (κ1) is 20.2. The third-order valence-corrected chi connectivity index (χ3v) is 4.56. The first-order valence-corrected chi connectivity index (χ1v) is 9.42. The second-order valence-corrected chi connectivity index (χ2v) is 8.36. The molecule has 0 radical (unpaired) electrons. The van der Waals surface area contributed by atoms with E-state index >= 15 is 0 Å². The molecule has 0 spiro atoms. The minimum absolute atomic E-state index is 0.282. The SMILES string of the molecule is Cc1cc2c(C(=O)NN(C(=O)c3cc(Cl)cc(Cl)c3)C(C)(C)C)cccc2o1. The molecule has 1 heterocycles. The number of fused-ring (bicyclic) bond motifs is 1. The summed E-state index contributed by atoms with van der Waals surface area (Å²) in [6.45, 7) is 7.27. The molecule has 0 aliphatic heterocycles. The Morgan fingerprint density at radius 1 is 1.04 bits per heavy atom. The minimum Gasteiger partial charge on any atom is -0.461 e. The Kier molecular flexibility index (Phi) is 5.41. The van der Waals surface area contributed by atoms with E-state index in [9.17, 15) is 9.59 Å². The maximum Gasteiger partial charge on any atom is 0.272 e. The number of nitrogens with one attached hydrogen (secondary N) is 1. The maximum atomic E-state index is 13.1. The quantitative estimate of drug-likeness (QED) is 0.548. The van der Waals surface area contributed by atoms with Crippen LogP contribution in [0.1, 0.15) is 47.2 Å². The van der Waals surface area contributed by atoms with Crippen molar-refractivity contribution in [3.8, 4) is 0 Å². The van der Waals surface area contributed by atoms with Crippen LogP contribution in [0.25, 0.3) is 11.0 Å². The van der Waals surface area contributed by atoms with E-state index in [0.717, 1.165) is 0 Å². The third kappa shape index (κ3) is 4.16. The van der Waals surface area contributed by atoms with Crippen LogP contribution in [0.4, 0.5) is 0 Å². The van der Waals surface area contributed by atoms with Gasteiger partial charge in [-0.25, -0.2) is 5.01 Å². The fourth-order valence-electron chi connectivity index (χ4n) is 2.88. The average molecular weight is 419 g/mol. The lowest BCUT2D eigenvalue weighted by molar-refractivity contribution is 0.0359. The number of hydrogen-bond acceptors (Lipinski definition) is 3. The molecule has 0 aliphatic rings. The topological polar surface area (TPSA) is 62.6 Å². The minimum atomic E-state index is -0.693. The highest BCUT2D eigenvalue weighted by molar-refractivity contribution is 6.35. The molecule has 0 atom stereocenters. The highest BCUT2D eigenvalue weighted by Gasteiger charge is 2.30. The van der Waals surface area contributed by atoms with E-state index in [4.69, 9.17) is 27.6 Å². The van der Waals surface area contributed by atoms with Crippen molar-refractivity contribution in [3.05, 3.63) is 69.4 Å². The molecule has 0 bridgehead atoms. The molecular weight excluding hydrogens is 399 g/mol. The lowest BCUT2D eigenvalue weighted by Crippen LogP contribution is -2.55. The summed E-state index contributed by atoms with van der Waals surface area (Å²) in [6, 6.07) is 11.6. The number of hydrazine groups is 1. The number of halogens is 2. The molecule has 5 nitrogen and oxygen atoms in total. The van der Waals surface area contributed by atoms with E-state index in [1.165, 1.54) is 17.1 Å². The van der Waals surface area contributed by atoms with Crippen molar-refractivity contribution >= 4 is 46.0 Å². The molecule has 0 unspecified atom stereocenters. The van der Waals surface area contributed by atoms with Gasteiger partial charge in [0.25, 0.3) is 11.8 Å². The summed E-state index contributed by atoms with van der Waals surface area (Å²) in [7, 11) is 0. The van der Waals surface area contributed by atoms with Crippen molar-refractivity contribution in [2.45, 2.75) is 33.2 Å². The zero-order valence-corrected chi connectivity index (χ0v) is 17.5. The number of benzene rings is 2. The van der Waals surface area contributed by atoms with Crippen molar-refractivity contribution in [2.24, 2.45) is 0 Å². The van der Waals surface area contributed by atoms with E-state index in [1.54, 1.807) is 30.3 Å². The maximum absolute atomic E-state index is 13.1. The number of hydrogen-bond donors (Lipinski definition) is 1. The predicted molar refractivity (Wildman–Crippen MR) is 111 cm³/mol. The Morgan fingerprint density at radius 3 is 2.29 bits per heavy atom. The normalized spacial score (nSPS) is 11.5. The van der Waals surface area contributed by atoms with E-state index in [1.807, 2.05) is 27.7 Å². The monoisotopic (exact) mass is 418 g/mol. The Hall–Kier alpha value is -2.50. The van der Waals surface area contributed by atoms with Gasteiger partial charge in [0.15, 0.2) is 0 Å². The highest BCUT2D eigenvalue weighted by Crippen LogP contribution is 2.25. The summed E-state index contributed by atoms with van der Waals surface area (Å²) in [5, 5.41) is 2.65. The molecule has 1 N–H and O–H groups in total. The van der Waals surface area contributed by atoms with Crippen molar-refractivity contribution < 1.29 is 14.0 Å². The Labute approximate surface area is 173 Å². The number of aryl methyl sites for hydroxylation is 1. The zero-order chi connectivity index (χ0) is 20.6. The van der Waals surface area contributed by atoms with Crippen LogP contribution in [0.5, 0.6) is 0 Å². The van der Waals surface area contributed by atoms with Crippen LogP contribution >= 0.6 is 23.2 Å². The van der Waals surface area contributed by atoms with Gasteiger partial charge in [-0.2, -0.15) is 0 Å². The third-order valence-electron chi connectivity index (χ3n) is 4.13. The summed E-state index contributed by atoms with van der Waals surface area (Å²) in [4.78, 5) is 26.1. The molecular formula is C21H20Cl2N2O3. The summed E-state index contributed by atoms with van der Waals surface area (Å²) in [6.07, 6.45) is 0. The molecule has 3 aromatic rings. The molecule has 0 saturated heterocycles. The van der Waals surface area contributed by atoms with Crippen LogP contribution in [-0.2, 0) is 0 Å². The first-order chi connectivity index (χ1) is 13.1. The molecule has 28 heavy (non-hydrogen) atoms. The highest BCUT2D eigenvalue weighted by atomic mass is 35.5. The van der Waals surface area contributed by atoms with Crippen molar-refractivity contribution in [1.82, 2.24) is 10.4 Å². The number of furan rings is 1. The van der Waals surface area contributed by atoms with E-state index in [0.29, 0.717) is 32.3 Å². The second-order valence-electron chi connectivity index (χ2n) is 7.48. The molecule has 0 saturated carbocycles. The van der Waals surface area contributed by atoms with Gasteiger partial charge >= 0.3 is 0 Å². The Balaban J connectivity index is 1.96. The van der Waals surface area contributed by atoms with Crippen LogP contribution in [0.2, 0.25) is 10.0 Å². The van der Waals surface area contributed by atoms with Crippen LogP contribution in [0.15, 0.2) is 46.9 Å². The summed E-state index contributed by atoms with van der Waals surface area (Å²) < 4.78 is 5.58. The smallest absolute Gasteiger partial charge is 0.272 e. The molecule has 0 aliphatic carbocycles. The first-order valence-electron chi connectivity index (χ1n) is 8.67. The number of carbonyl (C=O) groups excluding carboxylic acids is 2. The van der Waals surface area contributed by atoms with Gasteiger partial charge in [0.05, 0.1) is 11.1 Å². The van der Waals surface area contributed by atoms with Gasteiger partial charge in [-0.1, -0.05) is 29.3 Å². The van der Waals surface area contributed by atoms with Crippen molar-refractivity contribution in [1.29, 1.82) is 0 Å². The van der Waals surface area contributed by atoms with Gasteiger partial charge in [-0.3, -0.25) is 15.0 Å². The predicted octanol–water partition coefficient (Wildman–Crippen LogP) is 5.63. The lowest BCUT2D eigenvalue weighted by atomic mass is 10.1. The molecule has 7 heteroatoms. The van der Waals surface area contributed by atoms with Crippen LogP contribution in [0, 0.1) is 6.92 Å². The molecule has 2 amide bonds. The molecule has 0 fully saturated rings. The van der Waals surface area contributed by atoms with Crippen LogP contribution in [-0.4, -0.2) is 22.4 Å². The van der Waals surface area contributed by atoms with Crippen molar-refractivity contribution in [3.63, 3.8) is 0 Å². The van der Waals surface area contributed by atoms with Gasteiger partial charge in [0, 0.05) is 21.0 Å². The number of nitrogens with zero attached hydrogens (tertiary/aromatic N) is 1. The second kappa shape index (κ2) is 7.49. The molecule has 1 aromatic heterocycles. The largest absolute Gasteiger partial charge is 0.461 e. The van der Waals surface area contributed by atoms with Gasteiger partial charge in [0.1, 0.15) is 11.3 Å². The summed E-state index contributed by atoms with van der Waals surface area (Å²) in [5.74, 6) is -0.129. The van der Waals surface area contributed by atoms with Crippen LogP contribution < -0.4 is 5.43 Å². The van der Waals surface area contributed by atoms with Crippen LogP contribution in [0.3, 0.4) is 0 Å². The van der Waals surface area contributed by atoms with Gasteiger partial charge in [0.2, 0.25) is 0 Å². The van der Waals surface area contributed by atoms with E-state index in [-0.39, 0.29) is 5.56 Å². The Morgan fingerprint density at radius 2 is 1.68 bits per heavy atom. The number of rotatable bonds is 2. The average Bonchev–Trinajstić information content (AvgIpc) is 2.97. The zero-order valence-electron chi connectivity index (χ0n) is 16.0. The summed E-state index contributed by atoms with van der Waals surface area (Å²) in [5.41, 5.74) is 3.35. The van der Waals surface area contributed by atoms with Gasteiger partial charge in [-0.15, -0.1) is 0 Å². The van der Waals surface area contributed by atoms with Gasteiger partial charge in [-0.05, 0) is 64.1 Å².